The highest BCUT2D eigenvalue weighted by atomic mass is 35.5. The lowest BCUT2D eigenvalue weighted by molar-refractivity contribution is -0.123. The van der Waals surface area contributed by atoms with Gasteiger partial charge in [-0.15, -0.1) is 0 Å². The first-order chi connectivity index (χ1) is 13.0. The predicted molar refractivity (Wildman–Crippen MR) is 106 cm³/mol. The molecule has 0 saturated heterocycles. The molecule has 3 N–H and O–H groups in total. The van der Waals surface area contributed by atoms with E-state index in [4.69, 9.17) is 22.1 Å². The smallest absolute Gasteiger partial charge is 0.258 e. The number of hydrogen-bond donors (Lipinski definition) is 2. The molecule has 2 amide bonds. The maximum atomic E-state index is 12.3. The molecule has 0 radical (unpaired) electrons. The van der Waals surface area contributed by atoms with Gasteiger partial charge in [-0.05, 0) is 41.5 Å². The number of benzene rings is 3. The molecule has 3 aromatic rings. The molecule has 3 rings (SSSR count). The summed E-state index contributed by atoms with van der Waals surface area (Å²) in [6.45, 7) is 1.67. The monoisotopic (exact) mass is 382 g/mol. The summed E-state index contributed by atoms with van der Waals surface area (Å²) in [6, 6.07) is 18.3. The van der Waals surface area contributed by atoms with Crippen molar-refractivity contribution in [2.24, 2.45) is 5.73 Å². The van der Waals surface area contributed by atoms with Gasteiger partial charge in [-0.25, -0.2) is 0 Å². The molecule has 6 heteroatoms. The SMILES string of the molecule is CC(NC(=O)COc1ccc(Cl)cc1C(N)=O)c1cccc2ccccc12. The summed E-state index contributed by atoms with van der Waals surface area (Å²) in [5.74, 6) is -0.752. The van der Waals surface area contributed by atoms with Gasteiger partial charge < -0.3 is 15.8 Å². The molecule has 0 aliphatic heterocycles. The van der Waals surface area contributed by atoms with Gasteiger partial charge in [0.15, 0.2) is 6.61 Å². The lowest BCUT2D eigenvalue weighted by Gasteiger charge is -2.17. The van der Waals surface area contributed by atoms with Crippen LogP contribution in [0.4, 0.5) is 0 Å². The van der Waals surface area contributed by atoms with Gasteiger partial charge in [0, 0.05) is 5.02 Å². The Labute approximate surface area is 162 Å². The maximum absolute atomic E-state index is 12.3. The minimum Gasteiger partial charge on any atom is -0.483 e. The molecule has 5 nitrogen and oxygen atoms in total. The molecule has 0 aliphatic carbocycles. The predicted octanol–water partition coefficient (Wildman–Crippen LogP) is 3.85. The topological polar surface area (TPSA) is 81.4 Å². The van der Waals surface area contributed by atoms with E-state index in [0.717, 1.165) is 16.3 Å². The van der Waals surface area contributed by atoms with Crippen molar-refractivity contribution < 1.29 is 14.3 Å². The van der Waals surface area contributed by atoms with E-state index in [9.17, 15) is 9.59 Å². The van der Waals surface area contributed by atoms with Crippen LogP contribution in [0.2, 0.25) is 5.02 Å². The standard InChI is InChI=1S/C21H19ClN2O3/c1-13(16-8-4-6-14-5-2-3-7-17(14)16)24-20(25)12-27-19-10-9-15(22)11-18(19)21(23)26/h2-11,13H,12H2,1H3,(H2,23,26)(H,24,25). The first-order valence-electron chi connectivity index (χ1n) is 8.45. The van der Waals surface area contributed by atoms with Crippen LogP contribution in [0.1, 0.15) is 28.9 Å². The van der Waals surface area contributed by atoms with Gasteiger partial charge in [-0.2, -0.15) is 0 Å². The average Bonchev–Trinajstić information content (AvgIpc) is 2.66. The summed E-state index contributed by atoms with van der Waals surface area (Å²) in [5.41, 5.74) is 6.48. The largest absolute Gasteiger partial charge is 0.483 e. The molecule has 0 heterocycles. The van der Waals surface area contributed by atoms with E-state index >= 15 is 0 Å². The van der Waals surface area contributed by atoms with Crippen molar-refractivity contribution in [2.45, 2.75) is 13.0 Å². The summed E-state index contributed by atoms with van der Waals surface area (Å²) in [7, 11) is 0. The highest BCUT2D eigenvalue weighted by molar-refractivity contribution is 6.31. The third-order valence-electron chi connectivity index (χ3n) is 4.23. The average molecular weight is 383 g/mol. The Hall–Kier alpha value is -3.05. The van der Waals surface area contributed by atoms with E-state index in [1.54, 1.807) is 6.07 Å². The van der Waals surface area contributed by atoms with Crippen LogP contribution in [-0.4, -0.2) is 18.4 Å². The molecule has 0 fully saturated rings. The zero-order valence-electron chi connectivity index (χ0n) is 14.7. The molecule has 27 heavy (non-hydrogen) atoms. The van der Waals surface area contributed by atoms with Crippen LogP contribution in [0.15, 0.2) is 60.7 Å². The Balaban J connectivity index is 1.68. The molecule has 0 spiro atoms. The first-order valence-corrected chi connectivity index (χ1v) is 8.82. The molecular weight excluding hydrogens is 364 g/mol. The van der Waals surface area contributed by atoms with Gasteiger partial charge in [0.1, 0.15) is 5.75 Å². The number of ether oxygens (including phenoxy) is 1. The summed E-state index contributed by atoms with van der Waals surface area (Å²) in [4.78, 5) is 23.8. The van der Waals surface area contributed by atoms with Gasteiger partial charge in [0.25, 0.3) is 11.8 Å². The molecule has 0 saturated carbocycles. The van der Waals surface area contributed by atoms with Crippen LogP contribution >= 0.6 is 11.6 Å². The fourth-order valence-electron chi connectivity index (χ4n) is 2.95. The third kappa shape index (κ3) is 4.38. The molecule has 1 unspecified atom stereocenters. The van der Waals surface area contributed by atoms with Crippen LogP contribution in [0.3, 0.4) is 0 Å². The molecule has 0 aromatic heterocycles. The van der Waals surface area contributed by atoms with E-state index in [0.29, 0.717) is 5.02 Å². The Morgan fingerprint density at radius 2 is 1.85 bits per heavy atom. The number of carbonyl (C=O) groups excluding carboxylic acids is 2. The van der Waals surface area contributed by atoms with E-state index in [2.05, 4.69) is 5.32 Å². The number of nitrogens with two attached hydrogens (primary N) is 1. The van der Waals surface area contributed by atoms with Crippen molar-refractivity contribution in [2.75, 3.05) is 6.61 Å². The molecule has 3 aromatic carbocycles. The lowest BCUT2D eigenvalue weighted by atomic mass is 10.00. The van der Waals surface area contributed by atoms with E-state index < -0.39 is 5.91 Å². The van der Waals surface area contributed by atoms with Crippen LogP contribution in [0.25, 0.3) is 10.8 Å². The number of rotatable bonds is 6. The molecule has 138 valence electrons. The maximum Gasteiger partial charge on any atom is 0.258 e. The van der Waals surface area contributed by atoms with Gasteiger partial charge in [-0.1, -0.05) is 54.1 Å². The number of halogens is 1. The fourth-order valence-corrected chi connectivity index (χ4v) is 3.12. The summed E-state index contributed by atoms with van der Waals surface area (Å²) in [6.07, 6.45) is 0. The molecule has 0 bridgehead atoms. The fraction of sp³-hybridized carbons (Fsp3) is 0.143. The Morgan fingerprint density at radius 1 is 1.11 bits per heavy atom. The molecule has 1 atom stereocenters. The second-order valence-electron chi connectivity index (χ2n) is 6.15. The Morgan fingerprint density at radius 3 is 2.63 bits per heavy atom. The van der Waals surface area contributed by atoms with Crippen LogP contribution < -0.4 is 15.8 Å². The zero-order chi connectivity index (χ0) is 19.4. The normalized spacial score (nSPS) is 11.8. The van der Waals surface area contributed by atoms with Gasteiger partial charge in [0.05, 0.1) is 11.6 Å². The second kappa shape index (κ2) is 8.10. The van der Waals surface area contributed by atoms with E-state index in [1.165, 1.54) is 12.1 Å². The van der Waals surface area contributed by atoms with Gasteiger partial charge >= 0.3 is 0 Å². The summed E-state index contributed by atoms with van der Waals surface area (Å²) in [5, 5.41) is 5.47. The van der Waals surface area contributed by atoms with E-state index in [1.807, 2.05) is 49.4 Å². The quantitative estimate of drug-likeness (QED) is 0.679. The van der Waals surface area contributed by atoms with Crippen molar-refractivity contribution in [1.82, 2.24) is 5.32 Å². The lowest BCUT2D eigenvalue weighted by Crippen LogP contribution is -2.31. The number of nitrogens with one attached hydrogen (secondary N) is 1. The van der Waals surface area contributed by atoms with Gasteiger partial charge in [0.2, 0.25) is 0 Å². The number of amides is 2. The number of carbonyl (C=O) groups is 2. The minimum atomic E-state index is -0.669. The second-order valence-corrected chi connectivity index (χ2v) is 6.59. The van der Waals surface area contributed by atoms with Crippen molar-refractivity contribution in [3.05, 3.63) is 76.8 Å². The van der Waals surface area contributed by atoms with Crippen molar-refractivity contribution in [3.63, 3.8) is 0 Å². The summed E-state index contributed by atoms with van der Waals surface area (Å²) < 4.78 is 5.47. The van der Waals surface area contributed by atoms with Gasteiger partial charge in [-0.3, -0.25) is 9.59 Å². The highest BCUT2D eigenvalue weighted by Crippen LogP contribution is 2.25. The number of fused-ring (bicyclic) bond motifs is 1. The highest BCUT2D eigenvalue weighted by Gasteiger charge is 2.15. The Kier molecular flexibility index (Phi) is 5.62. The van der Waals surface area contributed by atoms with Crippen molar-refractivity contribution in [3.8, 4) is 5.75 Å². The van der Waals surface area contributed by atoms with Crippen LogP contribution in [0.5, 0.6) is 5.75 Å². The van der Waals surface area contributed by atoms with Crippen molar-refractivity contribution in [1.29, 1.82) is 0 Å². The third-order valence-corrected chi connectivity index (χ3v) is 4.47. The number of hydrogen-bond acceptors (Lipinski definition) is 3. The molecular formula is C21H19ClN2O3. The van der Waals surface area contributed by atoms with Crippen LogP contribution in [-0.2, 0) is 4.79 Å². The van der Waals surface area contributed by atoms with Crippen LogP contribution in [0, 0.1) is 0 Å². The van der Waals surface area contributed by atoms with E-state index in [-0.39, 0.29) is 29.9 Å². The zero-order valence-corrected chi connectivity index (χ0v) is 15.5. The van der Waals surface area contributed by atoms with Crippen molar-refractivity contribution >= 4 is 34.2 Å². The first kappa shape index (κ1) is 18.7. The summed E-state index contributed by atoms with van der Waals surface area (Å²) >= 11 is 5.87. The minimum absolute atomic E-state index is 0.136. The molecule has 0 aliphatic rings. The number of primary amides is 1. The Bertz CT molecular complexity index is 998.